The molecule has 140 valence electrons. The SMILES string of the molecule is Nc1cc(C(=O)NCc2ccccc2Cl)cc2nc(-c3ccccc3O)nn12. The van der Waals surface area contributed by atoms with Crippen LogP contribution in [0.4, 0.5) is 5.82 Å². The first kappa shape index (κ1) is 17.8. The lowest BCUT2D eigenvalue weighted by Gasteiger charge is -2.08. The number of hydrogen-bond acceptors (Lipinski definition) is 5. The number of nitrogens with one attached hydrogen (secondary N) is 1. The van der Waals surface area contributed by atoms with Crippen LogP contribution in [0.25, 0.3) is 17.0 Å². The molecule has 8 heteroatoms. The Morgan fingerprint density at radius 2 is 1.89 bits per heavy atom. The van der Waals surface area contributed by atoms with E-state index in [1.807, 2.05) is 18.2 Å². The van der Waals surface area contributed by atoms with Crippen LogP contribution in [0.2, 0.25) is 5.02 Å². The minimum absolute atomic E-state index is 0.0645. The smallest absolute Gasteiger partial charge is 0.251 e. The number of benzene rings is 2. The van der Waals surface area contributed by atoms with Crippen molar-refractivity contribution in [3.05, 3.63) is 76.8 Å². The standard InChI is InChI=1S/C20H16ClN5O2/c21-15-7-3-1-5-12(15)11-23-20(28)13-9-17(22)26-18(10-13)24-19(25-26)14-6-2-4-8-16(14)27/h1-10,27H,11,22H2,(H,23,28). The number of amides is 1. The zero-order valence-electron chi connectivity index (χ0n) is 14.6. The molecule has 0 unspecified atom stereocenters. The van der Waals surface area contributed by atoms with E-state index in [9.17, 15) is 9.90 Å². The maximum absolute atomic E-state index is 12.5. The second-order valence-electron chi connectivity index (χ2n) is 6.17. The third kappa shape index (κ3) is 3.35. The van der Waals surface area contributed by atoms with Gasteiger partial charge in [-0.15, -0.1) is 5.10 Å². The van der Waals surface area contributed by atoms with Crippen molar-refractivity contribution in [2.24, 2.45) is 0 Å². The molecule has 0 bridgehead atoms. The first-order valence-electron chi connectivity index (χ1n) is 8.49. The summed E-state index contributed by atoms with van der Waals surface area (Å²) in [6, 6.07) is 17.2. The fourth-order valence-electron chi connectivity index (χ4n) is 2.84. The molecule has 4 rings (SSSR count). The predicted molar refractivity (Wildman–Crippen MR) is 107 cm³/mol. The number of phenols is 1. The molecule has 0 spiro atoms. The van der Waals surface area contributed by atoms with Crippen LogP contribution in [0.15, 0.2) is 60.7 Å². The monoisotopic (exact) mass is 393 g/mol. The summed E-state index contributed by atoms with van der Waals surface area (Å²) < 4.78 is 1.42. The van der Waals surface area contributed by atoms with Crippen LogP contribution in [0, 0.1) is 0 Å². The summed E-state index contributed by atoms with van der Waals surface area (Å²) >= 11 is 6.12. The molecule has 0 atom stereocenters. The van der Waals surface area contributed by atoms with Gasteiger partial charge in [-0.3, -0.25) is 4.79 Å². The molecule has 0 aliphatic heterocycles. The van der Waals surface area contributed by atoms with Gasteiger partial charge in [0.05, 0.1) is 5.56 Å². The van der Waals surface area contributed by atoms with Crippen molar-refractivity contribution in [2.75, 3.05) is 5.73 Å². The van der Waals surface area contributed by atoms with Crippen molar-refractivity contribution in [3.63, 3.8) is 0 Å². The van der Waals surface area contributed by atoms with Gasteiger partial charge in [-0.1, -0.05) is 41.9 Å². The zero-order valence-corrected chi connectivity index (χ0v) is 15.4. The lowest BCUT2D eigenvalue weighted by atomic mass is 10.2. The Kier molecular flexibility index (Phi) is 4.58. The summed E-state index contributed by atoms with van der Waals surface area (Å²) in [5, 5.41) is 17.7. The highest BCUT2D eigenvalue weighted by atomic mass is 35.5. The number of carbonyl (C=O) groups is 1. The maximum Gasteiger partial charge on any atom is 0.251 e. The maximum atomic E-state index is 12.5. The Bertz CT molecular complexity index is 1190. The first-order valence-corrected chi connectivity index (χ1v) is 8.87. The van der Waals surface area contributed by atoms with Crippen LogP contribution < -0.4 is 11.1 Å². The van der Waals surface area contributed by atoms with E-state index in [1.54, 1.807) is 36.4 Å². The van der Waals surface area contributed by atoms with E-state index in [4.69, 9.17) is 17.3 Å². The molecule has 7 nitrogen and oxygen atoms in total. The number of fused-ring (bicyclic) bond motifs is 1. The van der Waals surface area contributed by atoms with E-state index in [-0.39, 0.29) is 17.5 Å². The second kappa shape index (κ2) is 7.21. The summed E-state index contributed by atoms with van der Waals surface area (Å²) in [7, 11) is 0. The van der Waals surface area contributed by atoms with Crippen LogP contribution >= 0.6 is 11.6 Å². The van der Waals surface area contributed by atoms with E-state index < -0.39 is 0 Å². The third-order valence-electron chi connectivity index (χ3n) is 4.27. The topological polar surface area (TPSA) is 106 Å². The van der Waals surface area contributed by atoms with Gasteiger partial charge in [0.15, 0.2) is 11.5 Å². The van der Waals surface area contributed by atoms with E-state index in [0.29, 0.717) is 34.2 Å². The summed E-state index contributed by atoms with van der Waals surface area (Å²) in [5.41, 5.74) is 8.11. The number of aromatic nitrogens is 3. The van der Waals surface area contributed by atoms with E-state index in [0.717, 1.165) is 5.56 Å². The van der Waals surface area contributed by atoms with Crippen LogP contribution in [0.1, 0.15) is 15.9 Å². The average Bonchev–Trinajstić information content (AvgIpc) is 3.12. The molecule has 0 aliphatic rings. The molecular formula is C20H16ClN5O2. The van der Waals surface area contributed by atoms with Gasteiger partial charge in [-0.05, 0) is 35.9 Å². The third-order valence-corrected chi connectivity index (χ3v) is 4.64. The number of carbonyl (C=O) groups excluding carboxylic acids is 1. The Hall–Kier alpha value is -3.58. The molecule has 2 aromatic heterocycles. The number of anilines is 1. The van der Waals surface area contributed by atoms with E-state index in [2.05, 4.69) is 15.4 Å². The van der Waals surface area contributed by atoms with Crippen molar-refractivity contribution in [1.82, 2.24) is 19.9 Å². The molecule has 4 aromatic rings. The number of aromatic hydroxyl groups is 1. The summed E-state index contributed by atoms with van der Waals surface area (Å²) in [5.74, 6) is 0.337. The quantitative estimate of drug-likeness (QED) is 0.493. The minimum atomic E-state index is -0.304. The highest BCUT2D eigenvalue weighted by Crippen LogP contribution is 2.27. The number of pyridine rings is 1. The number of nitrogens with two attached hydrogens (primary N) is 1. The fraction of sp³-hybridized carbons (Fsp3) is 0.0500. The predicted octanol–water partition coefficient (Wildman–Crippen LogP) is 3.27. The minimum Gasteiger partial charge on any atom is -0.507 e. The summed E-state index contributed by atoms with van der Waals surface area (Å²) in [4.78, 5) is 16.9. The van der Waals surface area contributed by atoms with Gasteiger partial charge in [0, 0.05) is 17.1 Å². The van der Waals surface area contributed by atoms with Gasteiger partial charge in [-0.25, -0.2) is 4.98 Å². The van der Waals surface area contributed by atoms with Gasteiger partial charge < -0.3 is 16.2 Å². The number of hydrogen-bond donors (Lipinski definition) is 3. The van der Waals surface area contributed by atoms with Gasteiger partial charge in [0.1, 0.15) is 11.6 Å². The van der Waals surface area contributed by atoms with Crippen LogP contribution in [0.3, 0.4) is 0 Å². The lowest BCUT2D eigenvalue weighted by Crippen LogP contribution is -2.23. The Balaban J connectivity index is 1.62. The Morgan fingerprint density at radius 3 is 2.68 bits per heavy atom. The fourth-order valence-corrected chi connectivity index (χ4v) is 3.04. The Labute approximate surface area is 165 Å². The second-order valence-corrected chi connectivity index (χ2v) is 6.57. The van der Waals surface area contributed by atoms with Crippen molar-refractivity contribution >= 4 is 29.0 Å². The lowest BCUT2D eigenvalue weighted by molar-refractivity contribution is 0.0951. The molecule has 0 aliphatic carbocycles. The number of halogens is 1. The van der Waals surface area contributed by atoms with Crippen LogP contribution in [-0.2, 0) is 6.54 Å². The molecule has 0 saturated carbocycles. The highest BCUT2D eigenvalue weighted by Gasteiger charge is 2.15. The molecule has 28 heavy (non-hydrogen) atoms. The van der Waals surface area contributed by atoms with Gasteiger partial charge >= 0.3 is 0 Å². The van der Waals surface area contributed by atoms with Crippen molar-refractivity contribution in [3.8, 4) is 17.1 Å². The number of para-hydroxylation sites is 1. The number of phenolic OH excluding ortho intramolecular Hbond substituents is 1. The molecule has 4 N–H and O–H groups in total. The molecule has 1 amide bonds. The van der Waals surface area contributed by atoms with E-state index >= 15 is 0 Å². The summed E-state index contributed by atoms with van der Waals surface area (Å²) in [6.45, 7) is 0.291. The molecule has 0 radical (unpaired) electrons. The van der Waals surface area contributed by atoms with Gasteiger partial charge in [0.2, 0.25) is 0 Å². The molecular weight excluding hydrogens is 378 g/mol. The molecule has 2 aromatic carbocycles. The first-order chi connectivity index (χ1) is 13.5. The molecule has 0 saturated heterocycles. The molecule has 2 heterocycles. The van der Waals surface area contributed by atoms with Crippen molar-refractivity contribution < 1.29 is 9.90 Å². The number of rotatable bonds is 4. The van der Waals surface area contributed by atoms with Gasteiger partial charge in [-0.2, -0.15) is 4.52 Å². The zero-order chi connectivity index (χ0) is 19.7. The number of nitrogen functional groups attached to an aromatic ring is 1. The normalized spacial score (nSPS) is 10.9. The van der Waals surface area contributed by atoms with Crippen molar-refractivity contribution in [2.45, 2.75) is 6.54 Å². The van der Waals surface area contributed by atoms with E-state index in [1.165, 1.54) is 10.6 Å². The Morgan fingerprint density at radius 1 is 1.14 bits per heavy atom. The largest absolute Gasteiger partial charge is 0.507 e. The van der Waals surface area contributed by atoms with Crippen LogP contribution in [0.5, 0.6) is 5.75 Å². The summed E-state index contributed by atoms with van der Waals surface area (Å²) in [6.07, 6.45) is 0. The molecule has 0 fully saturated rings. The number of nitrogens with zero attached hydrogens (tertiary/aromatic N) is 3. The van der Waals surface area contributed by atoms with Gasteiger partial charge in [0.25, 0.3) is 5.91 Å². The van der Waals surface area contributed by atoms with Crippen molar-refractivity contribution in [1.29, 1.82) is 0 Å². The van der Waals surface area contributed by atoms with Crippen LogP contribution in [-0.4, -0.2) is 25.6 Å². The highest BCUT2D eigenvalue weighted by molar-refractivity contribution is 6.31. The average molecular weight is 394 g/mol.